The van der Waals surface area contributed by atoms with Crippen molar-refractivity contribution in [2.24, 2.45) is 0 Å². The molecule has 0 spiro atoms. The summed E-state index contributed by atoms with van der Waals surface area (Å²) >= 11 is 8.94. The molecule has 0 unspecified atom stereocenters. The fourth-order valence-corrected chi connectivity index (χ4v) is 6.39. The van der Waals surface area contributed by atoms with Crippen molar-refractivity contribution in [1.29, 1.82) is 0 Å². The Morgan fingerprint density at radius 1 is 1.32 bits per heavy atom. The molecule has 9 heteroatoms. The van der Waals surface area contributed by atoms with Crippen LogP contribution in [0.4, 0.5) is 0 Å². The smallest absolute Gasteiger partial charge is 0.250 e. The number of sulfonamides is 1. The van der Waals surface area contributed by atoms with E-state index in [1.165, 1.54) is 6.92 Å². The number of hydrogen-bond acceptors (Lipinski definition) is 5. The largest absolute Gasteiger partial charge is 0.351 e. The predicted octanol–water partition coefficient (Wildman–Crippen LogP) is 3.55. The lowest BCUT2D eigenvalue weighted by molar-refractivity contribution is -0.119. The molecule has 1 atom stereocenters. The highest BCUT2D eigenvalue weighted by Gasteiger charge is 2.27. The van der Waals surface area contributed by atoms with Gasteiger partial charge in [-0.15, -0.1) is 23.1 Å². The molecule has 2 N–H and O–H groups in total. The van der Waals surface area contributed by atoms with Crippen molar-refractivity contribution < 1.29 is 13.2 Å². The third-order valence-corrected chi connectivity index (χ3v) is 8.13. The Kier molecular flexibility index (Phi) is 5.75. The maximum absolute atomic E-state index is 12.7. The van der Waals surface area contributed by atoms with E-state index in [4.69, 9.17) is 11.6 Å². The van der Waals surface area contributed by atoms with E-state index in [2.05, 4.69) is 10.0 Å². The molecule has 1 aromatic carbocycles. The van der Waals surface area contributed by atoms with Gasteiger partial charge in [0.05, 0.1) is 6.54 Å². The van der Waals surface area contributed by atoms with Crippen LogP contribution >= 0.6 is 34.7 Å². The van der Waals surface area contributed by atoms with Gasteiger partial charge in [-0.25, -0.2) is 13.1 Å². The molecular weight excluding hydrogens is 400 g/mol. The van der Waals surface area contributed by atoms with Gasteiger partial charge in [-0.3, -0.25) is 4.79 Å². The molecular formula is C16H17ClN2O3S3. The van der Waals surface area contributed by atoms with Crippen molar-refractivity contribution in [3.05, 3.63) is 45.8 Å². The van der Waals surface area contributed by atoms with E-state index in [-0.39, 0.29) is 16.2 Å². The van der Waals surface area contributed by atoms with Crippen molar-refractivity contribution >= 4 is 50.6 Å². The van der Waals surface area contributed by atoms with E-state index in [1.807, 2.05) is 18.2 Å². The van der Waals surface area contributed by atoms with Crippen LogP contribution in [0, 0.1) is 0 Å². The fraction of sp³-hybridized carbons (Fsp3) is 0.312. The second-order valence-corrected chi connectivity index (χ2v) is 10.3. The number of nitrogens with one attached hydrogen (secondary N) is 2. The molecule has 1 aromatic heterocycles. The number of halogens is 1. The monoisotopic (exact) mass is 416 g/mol. The number of fused-ring (bicyclic) bond motifs is 1. The quantitative estimate of drug-likeness (QED) is 0.781. The highest BCUT2D eigenvalue weighted by atomic mass is 35.5. The normalized spacial score (nSPS) is 17.1. The zero-order valence-corrected chi connectivity index (χ0v) is 16.6. The number of hydrogen-bond donors (Lipinski definition) is 2. The summed E-state index contributed by atoms with van der Waals surface area (Å²) < 4.78 is 28.5. The lowest BCUT2D eigenvalue weighted by Gasteiger charge is -2.25. The summed E-state index contributed by atoms with van der Waals surface area (Å²) in [6.45, 7) is 1.75. The topological polar surface area (TPSA) is 75.3 Å². The Balaban J connectivity index is 1.79. The molecule has 2 heterocycles. The molecule has 0 bridgehead atoms. The van der Waals surface area contributed by atoms with Crippen LogP contribution in [0.3, 0.4) is 0 Å². The Morgan fingerprint density at radius 3 is 2.88 bits per heavy atom. The van der Waals surface area contributed by atoms with Crippen LogP contribution in [-0.2, 0) is 21.4 Å². The Morgan fingerprint density at radius 2 is 2.12 bits per heavy atom. The van der Waals surface area contributed by atoms with E-state index in [9.17, 15) is 13.2 Å². The minimum absolute atomic E-state index is 0.149. The first-order chi connectivity index (χ1) is 11.8. The van der Waals surface area contributed by atoms with Gasteiger partial charge in [0, 0.05) is 27.8 Å². The maximum atomic E-state index is 12.7. The van der Waals surface area contributed by atoms with Crippen LogP contribution in [0.1, 0.15) is 29.8 Å². The van der Waals surface area contributed by atoms with Gasteiger partial charge in [-0.05, 0) is 48.1 Å². The summed E-state index contributed by atoms with van der Waals surface area (Å²) in [5.41, 5.74) is 0.919. The number of rotatable bonds is 5. The average molecular weight is 417 g/mol. The number of carbonyl (C=O) groups excluding carboxylic acids is 1. The summed E-state index contributed by atoms with van der Waals surface area (Å²) in [5.74, 6) is 0.698. The van der Waals surface area contributed by atoms with E-state index in [0.29, 0.717) is 18.0 Å². The predicted molar refractivity (Wildman–Crippen MR) is 102 cm³/mol. The van der Waals surface area contributed by atoms with Crippen LogP contribution in [-0.4, -0.2) is 20.1 Å². The minimum atomic E-state index is -3.63. The summed E-state index contributed by atoms with van der Waals surface area (Å²) in [5, 5.41) is 3.26. The van der Waals surface area contributed by atoms with Crippen LogP contribution in [0.25, 0.3) is 0 Å². The molecule has 0 radical (unpaired) electrons. The number of carbonyl (C=O) groups is 1. The van der Waals surface area contributed by atoms with Crippen LogP contribution < -0.4 is 10.0 Å². The molecule has 1 amide bonds. The highest BCUT2D eigenvalue weighted by molar-refractivity contribution is 7.99. The van der Waals surface area contributed by atoms with Gasteiger partial charge in [0.25, 0.3) is 10.0 Å². The summed E-state index contributed by atoms with van der Waals surface area (Å²) in [6, 6.07) is 8.57. The highest BCUT2D eigenvalue weighted by Crippen LogP contribution is 2.38. The zero-order valence-electron chi connectivity index (χ0n) is 13.4. The van der Waals surface area contributed by atoms with Gasteiger partial charge < -0.3 is 5.32 Å². The van der Waals surface area contributed by atoms with Crippen LogP contribution in [0.2, 0.25) is 5.02 Å². The Bertz CT molecular complexity index is 896. The number of amides is 1. The standard InChI is InChI=1S/C16H17ClN2O3S3/c1-10(20)18-9-12-3-5-16(24-12)25(21,22)19-14-6-7-23-15-4-2-11(17)8-13(14)15/h2-5,8,14,19H,6-7,9H2,1H3,(H,18,20)/t14-/m1/s1. The third-order valence-electron chi connectivity index (χ3n) is 3.72. The lowest BCUT2D eigenvalue weighted by Crippen LogP contribution is -2.30. The van der Waals surface area contributed by atoms with Crippen LogP contribution in [0.5, 0.6) is 0 Å². The van der Waals surface area contributed by atoms with E-state index in [0.717, 1.165) is 32.4 Å². The fourth-order valence-electron chi connectivity index (χ4n) is 2.54. The van der Waals surface area contributed by atoms with Gasteiger partial charge in [-0.2, -0.15) is 0 Å². The van der Waals surface area contributed by atoms with Crippen molar-refractivity contribution in [3.8, 4) is 0 Å². The molecule has 0 saturated carbocycles. The molecule has 5 nitrogen and oxygen atoms in total. The van der Waals surface area contributed by atoms with Crippen molar-refractivity contribution in [2.75, 3.05) is 5.75 Å². The van der Waals surface area contributed by atoms with Crippen molar-refractivity contribution in [3.63, 3.8) is 0 Å². The molecule has 0 aliphatic carbocycles. The van der Waals surface area contributed by atoms with Crippen molar-refractivity contribution in [1.82, 2.24) is 10.0 Å². The van der Waals surface area contributed by atoms with Crippen molar-refractivity contribution in [2.45, 2.75) is 35.0 Å². The molecule has 2 aromatic rings. The van der Waals surface area contributed by atoms with Gasteiger partial charge in [-0.1, -0.05) is 11.6 Å². The van der Waals surface area contributed by atoms with Crippen LogP contribution in [0.15, 0.2) is 39.4 Å². The maximum Gasteiger partial charge on any atom is 0.250 e. The lowest BCUT2D eigenvalue weighted by atomic mass is 10.1. The van der Waals surface area contributed by atoms with E-state index in [1.54, 1.807) is 23.9 Å². The second-order valence-electron chi connectivity index (χ2n) is 5.62. The Hall–Kier alpha value is -1.06. The minimum Gasteiger partial charge on any atom is -0.351 e. The molecule has 0 saturated heterocycles. The third kappa shape index (κ3) is 4.57. The molecule has 1 aliphatic heterocycles. The van der Waals surface area contributed by atoms with Gasteiger partial charge in [0.1, 0.15) is 4.21 Å². The van der Waals surface area contributed by atoms with Gasteiger partial charge >= 0.3 is 0 Å². The molecule has 25 heavy (non-hydrogen) atoms. The molecule has 1 aliphatic rings. The van der Waals surface area contributed by atoms with Gasteiger partial charge in [0.15, 0.2) is 0 Å². The first-order valence-corrected chi connectivity index (χ1v) is 11.3. The first-order valence-electron chi connectivity index (χ1n) is 7.63. The number of thiophene rings is 1. The molecule has 3 rings (SSSR count). The molecule has 0 fully saturated rings. The number of thioether (sulfide) groups is 1. The average Bonchev–Trinajstić information content (AvgIpc) is 3.03. The summed E-state index contributed by atoms with van der Waals surface area (Å²) in [7, 11) is -3.63. The van der Waals surface area contributed by atoms with E-state index < -0.39 is 10.0 Å². The van der Waals surface area contributed by atoms with E-state index >= 15 is 0 Å². The number of benzene rings is 1. The Labute approximate surface area is 160 Å². The van der Waals surface area contributed by atoms with Gasteiger partial charge in [0.2, 0.25) is 5.91 Å². The second kappa shape index (κ2) is 7.67. The first kappa shape index (κ1) is 18.7. The zero-order chi connectivity index (χ0) is 18.0. The summed E-state index contributed by atoms with van der Waals surface area (Å²) in [4.78, 5) is 12.8. The SMILES string of the molecule is CC(=O)NCc1ccc(S(=O)(=O)N[C@@H]2CCSc3ccc(Cl)cc32)s1. The summed E-state index contributed by atoms with van der Waals surface area (Å²) in [6.07, 6.45) is 0.710. The molecule has 134 valence electrons.